The number of nitrogens with one attached hydrogen (secondary N) is 1. The van der Waals surface area contributed by atoms with Gasteiger partial charge in [0.2, 0.25) is 0 Å². The smallest absolute Gasteiger partial charge is 0.301 e. The van der Waals surface area contributed by atoms with E-state index in [1.54, 1.807) is 35.6 Å². The summed E-state index contributed by atoms with van der Waals surface area (Å²) >= 11 is 0. The zero-order valence-corrected chi connectivity index (χ0v) is 16.0. The molecule has 1 N–H and O–H groups in total. The minimum Gasteiger partial charge on any atom is -0.301 e. The van der Waals surface area contributed by atoms with Gasteiger partial charge in [0, 0.05) is 29.0 Å². The topological polar surface area (TPSA) is 63.5 Å². The molecule has 0 fully saturated rings. The molecule has 0 spiro atoms. The number of anilines is 1. The van der Waals surface area contributed by atoms with Gasteiger partial charge < -0.3 is 5.32 Å². The zero-order chi connectivity index (χ0) is 23.0. The molecule has 0 atom stereocenters. The second kappa shape index (κ2) is 7.88. The highest BCUT2D eigenvalue weighted by atomic mass is 19.4. The average molecular weight is 445 g/mol. The molecular formula is C22H12F5N3O2. The van der Waals surface area contributed by atoms with E-state index < -0.39 is 35.3 Å². The highest BCUT2D eigenvalue weighted by Crippen LogP contribution is 2.33. The SMILES string of the molecule is O=C(c1ccccc1)c1ccc2nc(NC(=O)C(F)(F)F)c(-c3ccc(F)cc3F)n2c1. The first kappa shape index (κ1) is 21.2. The van der Waals surface area contributed by atoms with Crippen molar-refractivity contribution in [2.75, 3.05) is 5.32 Å². The van der Waals surface area contributed by atoms with Crippen molar-refractivity contribution >= 4 is 23.2 Å². The summed E-state index contributed by atoms with van der Waals surface area (Å²) in [5.41, 5.74) is -0.0741. The number of nitrogens with zero attached hydrogens (tertiary/aromatic N) is 2. The quantitative estimate of drug-likeness (QED) is 0.355. The molecule has 10 heteroatoms. The standard InChI is InChI=1S/C22H12F5N3O2/c23-14-7-8-15(16(24)10-14)18-20(29-21(32)22(25,26)27)28-17-9-6-13(11-30(17)18)19(31)12-4-2-1-3-5-12/h1-11H,(H,29,32). The predicted octanol–water partition coefficient (Wildman–Crippen LogP) is 5.01. The number of carbonyl (C=O) groups is 2. The molecule has 0 saturated carbocycles. The number of hydrogen-bond donors (Lipinski definition) is 1. The van der Waals surface area contributed by atoms with Gasteiger partial charge in [-0.3, -0.25) is 14.0 Å². The molecule has 0 saturated heterocycles. The van der Waals surface area contributed by atoms with Crippen LogP contribution in [0.5, 0.6) is 0 Å². The Morgan fingerprint density at radius 1 is 0.906 bits per heavy atom. The summed E-state index contributed by atoms with van der Waals surface area (Å²) in [5.74, 6) is -5.30. The minimum absolute atomic E-state index is 0.0332. The lowest BCUT2D eigenvalue weighted by atomic mass is 10.1. The Bertz CT molecular complexity index is 1350. The number of fused-ring (bicyclic) bond motifs is 1. The molecule has 32 heavy (non-hydrogen) atoms. The second-order valence-corrected chi connectivity index (χ2v) is 6.73. The molecular weight excluding hydrogens is 433 g/mol. The van der Waals surface area contributed by atoms with Gasteiger partial charge in [-0.15, -0.1) is 0 Å². The lowest BCUT2D eigenvalue weighted by Crippen LogP contribution is -2.30. The van der Waals surface area contributed by atoms with Crippen molar-refractivity contribution in [1.82, 2.24) is 9.38 Å². The third-order valence-electron chi connectivity index (χ3n) is 4.59. The summed E-state index contributed by atoms with van der Waals surface area (Å²) in [5, 5.41) is 1.62. The summed E-state index contributed by atoms with van der Waals surface area (Å²) in [4.78, 5) is 28.2. The molecule has 2 aromatic heterocycles. The van der Waals surface area contributed by atoms with E-state index in [0.29, 0.717) is 11.6 Å². The molecule has 162 valence electrons. The first-order chi connectivity index (χ1) is 15.1. The van der Waals surface area contributed by atoms with E-state index in [2.05, 4.69) is 4.98 Å². The molecule has 0 unspecified atom stereocenters. The third-order valence-corrected chi connectivity index (χ3v) is 4.59. The van der Waals surface area contributed by atoms with Crippen LogP contribution in [-0.4, -0.2) is 27.3 Å². The molecule has 2 aromatic carbocycles. The Morgan fingerprint density at radius 3 is 2.28 bits per heavy atom. The molecule has 4 aromatic rings. The van der Waals surface area contributed by atoms with Crippen LogP contribution < -0.4 is 5.32 Å². The highest BCUT2D eigenvalue weighted by Gasteiger charge is 2.39. The summed E-state index contributed by atoms with van der Waals surface area (Å²) in [6, 6.07) is 13.4. The molecule has 1 amide bonds. The molecule has 0 radical (unpaired) electrons. The first-order valence-corrected chi connectivity index (χ1v) is 9.10. The fraction of sp³-hybridized carbons (Fsp3) is 0.0455. The monoisotopic (exact) mass is 445 g/mol. The number of aromatic nitrogens is 2. The van der Waals surface area contributed by atoms with Gasteiger partial charge in [-0.25, -0.2) is 13.8 Å². The van der Waals surface area contributed by atoms with Gasteiger partial charge in [-0.1, -0.05) is 30.3 Å². The maximum absolute atomic E-state index is 14.5. The Labute approximate surface area is 177 Å². The van der Waals surface area contributed by atoms with E-state index in [9.17, 15) is 31.5 Å². The maximum Gasteiger partial charge on any atom is 0.471 e. The van der Waals surface area contributed by atoms with Crippen molar-refractivity contribution in [1.29, 1.82) is 0 Å². The molecule has 0 bridgehead atoms. The van der Waals surface area contributed by atoms with E-state index >= 15 is 0 Å². The second-order valence-electron chi connectivity index (χ2n) is 6.73. The van der Waals surface area contributed by atoms with Crippen molar-refractivity contribution < 1.29 is 31.5 Å². The van der Waals surface area contributed by atoms with Crippen LogP contribution in [0.15, 0.2) is 66.9 Å². The van der Waals surface area contributed by atoms with Crippen LogP contribution in [0.2, 0.25) is 0 Å². The number of ketones is 1. The lowest BCUT2D eigenvalue weighted by Gasteiger charge is -2.10. The van der Waals surface area contributed by atoms with E-state index in [0.717, 1.165) is 12.1 Å². The molecule has 0 aliphatic carbocycles. The number of hydrogen-bond acceptors (Lipinski definition) is 3. The van der Waals surface area contributed by atoms with Gasteiger partial charge in [-0.05, 0) is 24.3 Å². The Balaban J connectivity index is 1.91. The van der Waals surface area contributed by atoms with Crippen LogP contribution in [0.3, 0.4) is 0 Å². The number of halogens is 5. The summed E-state index contributed by atoms with van der Waals surface area (Å²) in [6.07, 6.45) is -3.96. The zero-order valence-electron chi connectivity index (χ0n) is 16.0. The number of benzene rings is 2. The number of pyridine rings is 1. The van der Waals surface area contributed by atoms with Crippen molar-refractivity contribution in [2.24, 2.45) is 0 Å². The van der Waals surface area contributed by atoms with Gasteiger partial charge in [0.05, 0.1) is 0 Å². The van der Waals surface area contributed by atoms with Crippen LogP contribution in [0, 0.1) is 11.6 Å². The predicted molar refractivity (Wildman–Crippen MR) is 105 cm³/mol. The van der Waals surface area contributed by atoms with Crippen molar-refractivity contribution in [3.63, 3.8) is 0 Å². The van der Waals surface area contributed by atoms with E-state index in [-0.39, 0.29) is 22.5 Å². The minimum atomic E-state index is -5.22. The fourth-order valence-electron chi connectivity index (χ4n) is 3.14. The number of rotatable bonds is 4. The average Bonchev–Trinajstić information content (AvgIpc) is 3.10. The molecule has 5 nitrogen and oxygen atoms in total. The van der Waals surface area contributed by atoms with Gasteiger partial charge in [-0.2, -0.15) is 13.2 Å². The summed E-state index contributed by atoms with van der Waals surface area (Å²) in [7, 11) is 0. The molecule has 4 rings (SSSR count). The first-order valence-electron chi connectivity index (χ1n) is 9.10. The van der Waals surface area contributed by atoms with Crippen LogP contribution in [0.1, 0.15) is 15.9 Å². The maximum atomic E-state index is 14.5. The third kappa shape index (κ3) is 3.94. The van der Waals surface area contributed by atoms with Crippen LogP contribution in [0.4, 0.5) is 27.8 Å². The number of amides is 1. The van der Waals surface area contributed by atoms with Crippen molar-refractivity contribution in [3.05, 3.63) is 89.6 Å². The van der Waals surface area contributed by atoms with Gasteiger partial charge in [0.25, 0.3) is 0 Å². The Kier molecular flexibility index (Phi) is 5.21. The van der Waals surface area contributed by atoms with E-state index in [1.807, 2.05) is 0 Å². The van der Waals surface area contributed by atoms with Crippen LogP contribution in [0.25, 0.3) is 16.9 Å². The normalized spacial score (nSPS) is 11.5. The lowest BCUT2D eigenvalue weighted by molar-refractivity contribution is -0.167. The largest absolute Gasteiger partial charge is 0.471 e. The molecule has 0 aliphatic heterocycles. The molecule has 2 heterocycles. The summed E-state index contributed by atoms with van der Waals surface area (Å²) in [6.45, 7) is 0. The molecule has 0 aliphatic rings. The highest BCUT2D eigenvalue weighted by molar-refractivity contribution is 6.09. The fourth-order valence-corrected chi connectivity index (χ4v) is 3.14. The van der Waals surface area contributed by atoms with Crippen molar-refractivity contribution in [3.8, 4) is 11.3 Å². The Morgan fingerprint density at radius 2 is 1.62 bits per heavy atom. The van der Waals surface area contributed by atoms with Crippen LogP contribution >= 0.6 is 0 Å². The number of imidazole rings is 1. The number of carbonyl (C=O) groups excluding carboxylic acids is 2. The van der Waals surface area contributed by atoms with E-state index in [1.165, 1.54) is 22.7 Å². The summed E-state index contributed by atoms with van der Waals surface area (Å²) < 4.78 is 67.5. The van der Waals surface area contributed by atoms with Crippen LogP contribution in [-0.2, 0) is 4.79 Å². The Hall–Kier alpha value is -4.08. The van der Waals surface area contributed by atoms with Crippen molar-refractivity contribution in [2.45, 2.75) is 6.18 Å². The van der Waals surface area contributed by atoms with Gasteiger partial charge in [0.1, 0.15) is 23.0 Å². The number of alkyl halides is 3. The van der Waals surface area contributed by atoms with Gasteiger partial charge in [0.15, 0.2) is 11.6 Å². The van der Waals surface area contributed by atoms with E-state index in [4.69, 9.17) is 0 Å². The van der Waals surface area contributed by atoms with Gasteiger partial charge >= 0.3 is 12.1 Å².